The highest BCUT2D eigenvalue weighted by molar-refractivity contribution is 5.99. The van der Waals surface area contributed by atoms with Gasteiger partial charge >= 0.3 is 0 Å². The third kappa shape index (κ3) is 3.10. The van der Waals surface area contributed by atoms with Crippen LogP contribution >= 0.6 is 0 Å². The molecule has 2 aromatic heterocycles. The van der Waals surface area contributed by atoms with E-state index in [4.69, 9.17) is 10.7 Å². The summed E-state index contributed by atoms with van der Waals surface area (Å²) in [7, 11) is 1.75. The van der Waals surface area contributed by atoms with E-state index in [1.54, 1.807) is 29.9 Å². The number of aromatic nitrogens is 4. The Labute approximate surface area is 173 Å². The summed E-state index contributed by atoms with van der Waals surface area (Å²) in [5, 5.41) is 5.01. The lowest BCUT2D eigenvalue weighted by molar-refractivity contribution is 0.629. The highest BCUT2D eigenvalue weighted by Crippen LogP contribution is 2.33. The molecule has 0 amide bonds. The number of benzene rings is 2. The van der Waals surface area contributed by atoms with Gasteiger partial charge in [0.25, 0.3) is 0 Å². The predicted octanol–water partition coefficient (Wildman–Crippen LogP) is 3.08. The van der Waals surface area contributed by atoms with E-state index in [-0.39, 0.29) is 5.82 Å². The van der Waals surface area contributed by atoms with Crippen molar-refractivity contribution in [2.24, 2.45) is 7.05 Å². The highest BCUT2D eigenvalue weighted by atomic mass is 19.1. The van der Waals surface area contributed by atoms with Gasteiger partial charge in [0.15, 0.2) is 5.65 Å². The second kappa shape index (κ2) is 7.29. The number of para-hydroxylation sites is 1. The number of piperazine rings is 1. The van der Waals surface area contributed by atoms with Crippen LogP contribution in [-0.4, -0.2) is 45.9 Å². The summed E-state index contributed by atoms with van der Waals surface area (Å²) in [5.74, 6) is 0.621. The minimum absolute atomic E-state index is 0.347. The van der Waals surface area contributed by atoms with E-state index in [1.807, 2.05) is 18.2 Å². The molecule has 2 N–H and O–H groups in total. The van der Waals surface area contributed by atoms with E-state index in [9.17, 15) is 4.39 Å². The normalized spacial score (nSPS) is 14.5. The van der Waals surface area contributed by atoms with Crippen molar-refractivity contribution in [3.63, 3.8) is 0 Å². The van der Waals surface area contributed by atoms with Crippen LogP contribution in [0.1, 0.15) is 0 Å². The summed E-state index contributed by atoms with van der Waals surface area (Å²) in [6.45, 7) is 3.23. The molecular formula is C22H22FN7. The van der Waals surface area contributed by atoms with Gasteiger partial charge in [-0.05, 0) is 24.3 Å². The molecule has 1 fully saturated rings. The number of fused-ring (bicyclic) bond motifs is 1. The van der Waals surface area contributed by atoms with E-state index < -0.39 is 0 Å². The van der Waals surface area contributed by atoms with Crippen LogP contribution in [0.5, 0.6) is 0 Å². The molecule has 30 heavy (non-hydrogen) atoms. The number of halogens is 1. The fourth-order valence-electron chi connectivity index (χ4n) is 3.90. The van der Waals surface area contributed by atoms with Crippen molar-refractivity contribution in [2.45, 2.75) is 0 Å². The predicted molar refractivity (Wildman–Crippen MR) is 117 cm³/mol. The lowest BCUT2D eigenvalue weighted by Gasteiger charge is -2.36. The van der Waals surface area contributed by atoms with Crippen molar-refractivity contribution in [1.82, 2.24) is 19.7 Å². The number of rotatable bonds is 3. The maximum Gasteiger partial charge on any atom is 0.228 e. The Morgan fingerprint density at radius 3 is 2.27 bits per heavy atom. The standard InChI is InChI=1S/C22H22FN7/c1-28-20(24)18-19(16-9-5-6-10-17(16)23)25-22(26-21(18)27-28)30-13-11-29(12-14-30)15-7-3-2-4-8-15/h2-10H,11-14,24H2,1H3. The molecule has 5 rings (SSSR count). The van der Waals surface area contributed by atoms with E-state index >= 15 is 0 Å². The Bertz CT molecular complexity index is 1200. The first-order chi connectivity index (χ1) is 14.6. The number of aryl methyl sites for hydroxylation is 1. The van der Waals surface area contributed by atoms with Crippen molar-refractivity contribution >= 4 is 28.5 Å². The molecule has 0 spiro atoms. The third-order valence-electron chi connectivity index (χ3n) is 5.54. The first-order valence-corrected chi connectivity index (χ1v) is 9.92. The maximum absolute atomic E-state index is 14.6. The molecule has 7 nitrogen and oxygen atoms in total. The second-order valence-corrected chi connectivity index (χ2v) is 7.37. The number of anilines is 3. The minimum Gasteiger partial charge on any atom is -0.383 e. The Morgan fingerprint density at radius 2 is 1.53 bits per heavy atom. The molecule has 0 bridgehead atoms. The maximum atomic E-state index is 14.6. The SMILES string of the molecule is Cn1nc2nc(N3CCN(c4ccccc4)CC3)nc(-c3ccccc3F)c2c1N. The number of nitrogens with zero attached hydrogens (tertiary/aromatic N) is 6. The summed E-state index contributed by atoms with van der Waals surface area (Å²) in [5.41, 5.74) is 8.77. The van der Waals surface area contributed by atoms with Gasteiger partial charge in [0.1, 0.15) is 11.6 Å². The monoisotopic (exact) mass is 403 g/mol. The summed E-state index contributed by atoms with van der Waals surface area (Å²) in [6.07, 6.45) is 0. The summed E-state index contributed by atoms with van der Waals surface area (Å²) >= 11 is 0. The van der Waals surface area contributed by atoms with Crippen LogP contribution in [-0.2, 0) is 7.05 Å². The molecule has 1 aliphatic rings. The summed E-state index contributed by atoms with van der Waals surface area (Å²) in [4.78, 5) is 13.9. The van der Waals surface area contributed by atoms with Gasteiger partial charge in [-0.2, -0.15) is 10.1 Å². The average molecular weight is 403 g/mol. The number of nitrogen functional groups attached to an aromatic ring is 1. The number of hydrogen-bond donors (Lipinski definition) is 1. The van der Waals surface area contributed by atoms with Crippen molar-refractivity contribution < 1.29 is 4.39 Å². The fourth-order valence-corrected chi connectivity index (χ4v) is 3.90. The van der Waals surface area contributed by atoms with Gasteiger partial charge in [0, 0.05) is 44.5 Å². The van der Waals surface area contributed by atoms with E-state index in [0.717, 1.165) is 26.2 Å². The average Bonchev–Trinajstić information content (AvgIpc) is 3.08. The first-order valence-electron chi connectivity index (χ1n) is 9.92. The topological polar surface area (TPSA) is 76.1 Å². The minimum atomic E-state index is -0.347. The Balaban J connectivity index is 1.52. The quantitative estimate of drug-likeness (QED) is 0.567. The molecule has 4 aromatic rings. The van der Waals surface area contributed by atoms with Crippen LogP contribution in [0.15, 0.2) is 54.6 Å². The van der Waals surface area contributed by atoms with E-state index in [2.05, 4.69) is 32.0 Å². The molecular weight excluding hydrogens is 381 g/mol. The fraction of sp³-hybridized carbons (Fsp3) is 0.227. The molecule has 0 radical (unpaired) electrons. The van der Waals surface area contributed by atoms with Gasteiger partial charge < -0.3 is 15.5 Å². The van der Waals surface area contributed by atoms with Gasteiger partial charge in [-0.25, -0.2) is 9.37 Å². The zero-order chi connectivity index (χ0) is 20.7. The summed E-state index contributed by atoms with van der Waals surface area (Å²) in [6, 6.07) is 16.9. The Hall–Kier alpha value is -3.68. The molecule has 2 aromatic carbocycles. The molecule has 0 saturated carbocycles. The van der Waals surface area contributed by atoms with E-state index in [0.29, 0.717) is 34.1 Å². The van der Waals surface area contributed by atoms with Crippen molar-refractivity contribution in [3.8, 4) is 11.3 Å². The molecule has 0 aliphatic carbocycles. The molecule has 0 atom stereocenters. The van der Waals surface area contributed by atoms with Gasteiger partial charge in [-0.15, -0.1) is 0 Å². The van der Waals surface area contributed by atoms with Gasteiger partial charge in [-0.1, -0.05) is 30.3 Å². The molecule has 1 saturated heterocycles. The van der Waals surface area contributed by atoms with Crippen molar-refractivity contribution in [2.75, 3.05) is 41.7 Å². The number of nitrogens with two attached hydrogens (primary N) is 1. The van der Waals surface area contributed by atoms with Gasteiger partial charge in [-0.3, -0.25) is 4.68 Å². The zero-order valence-corrected chi connectivity index (χ0v) is 16.7. The van der Waals surface area contributed by atoms with Crippen molar-refractivity contribution in [1.29, 1.82) is 0 Å². The van der Waals surface area contributed by atoms with Crippen LogP contribution in [0.3, 0.4) is 0 Å². The van der Waals surface area contributed by atoms with Crippen LogP contribution in [0.4, 0.5) is 21.8 Å². The number of hydrogen-bond acceptors (Lipinski definition) is 6. The van der Waals surface area contributed by atoms with Crippen LogP contribution in [0.25, 0.3) is 22.3 Å². The van der Waals surface area contributed by atoms with E-state index in [1.165, 1.54) is 11.8 Å². The first kappa shape index (κ1) is 18.4. The second-order valence-electron chi connectivity index (χ2n) is 7.37. The smallest absolute Gasteiger partial charge is 0.228 e. The molecule has 8 heteroatoms. The molecule has 0 unspecified atom stereocenters. The van der Waals surface area contributed by atoms with Crippen LogP contribution < -0.4 is 15.5 Å². The molecule has 1 aliphatic heterocycles. The zero-order valence-electron chi connectivity index (χ0n) is 16.7. The molecule has 3 heterocycles. The largest absolute Gasteiger partial charge is 0.383 e. The van der Waals surface area contributed by atoms with Crippen LogP contribution in [0.2, 0.25) is 0 Å². The Kier molecular flexibility index (Phi) is 4.46. The third-order valence-corrected chi connectivity index (χ3v) is 5.54. The lowest BCUT2D eigenvalue weighted by Crippen LogP contribution is -2.47. The summed E-state index contributed by atoms with van der Waals surface area (Å²) < 4.78 is 16.2. The Morgan fingerprint density at radius 1 is 0.867 bits per heavy atom. The van der Waals surface area contributed by atoms with Crippen molar-refractivity contribution in [3.05, 3.63) is 60.4 Å². The molecule has 152 valence electrons. The lowest BCUT2D eigenvalue weighted by atomic mass is 10.1. The van der Waals surface area contributed by atoms with Crippen LogP contribution in [0, 0.1) is 5.82 Å². The highest BCUT2D eigenvalue weighted by Gasteiger charge is 2.24. The van der Waals surface area contributed by atoms with Gasteiger partial charge in [0.2, 0.25) is 5.95 Å². The van der Waals surface area contributed by atoms with Gasteiger partial charge in [0.05, 0.1) is 11.1 Å².